The Kier molecular flexibility index (Phi) is 4.07. The summed E-state index contributed by atoms with van der Waals surface area (Å²) in [5, 5.41) is 16.1. The highest BCUT2D eigenvalue weighted by Crippen LogP contribution is 2.29. The minimum atomic E-state index is -0.224. The van der Waals surface area contributed by atoms with E-state index in [1.54, 1.807) is 24.3 Å². The van der Waals surface area contributed by atoms with Crippen LogP contribution in [0.4, 0.5) is 5.69 Å². The van der Waals surface area contributed by atoms with Crippen molar-refractivity contribution in [1.82, 2.24) is 0 Å². The zero-order chi connectivity index (χ0) is 17.9. The number of hydrazone groups is 1. The summed E-state index contributed by atoms with van der Waals surface area (Å²) >= 11 is 0. The fraction of sp³-hybridized carbons (Fsp3) is 0. The zero-order valence-electron chi connectivity index (χ0n) is 13.9. The Morgan fingerprint density at radius 2 is 1.42 bits per heavy atom. The molecule has 1 heterocycles. The van der Waals surface area contributed by atoms with Crippen LogP contribution in [0.25, 0.3) is 6.08 Å². The maximum atomic E-state index is 13.1. The second-order valence-electron chi connectivity index (χ2n) is 5.88. The summed E-state index contributed by atoms with van der Waals surface area (Å²) in [5.41, 5.74) is 3.16. The Balaban J connectivity index is 1.85. The Morgan fingerprint density at radius 1 is 0.808 bits per heavy atom. The van der Waals surface area contributed by atoms with E-state index in [9.17, 15) is 9.90 Å². The van der Waals surface area contributed by atoms with Crippen molar-refractivity contribution < 1.29 is 9.90 Å². The van der Waals surface area contributed by atoms with Gasteiger partial charge in [0.05, 0.1) is 11.3 Å². The number of para-hydroxylation sites is 2. The number of benzene rings is 3. The van der Waals surface area contributed by atoms with E-state index >= 15 is 0 Å². The number of anilines is 1. The first-order valence-corrected chi connectivity index (χ1v) is 8.27. The number of hydrogen-bond acceptors (Lipinski definition) is 3. The van der Waals surface area contributed by atoms with Gasteiger partial charge in [0.15, 0.2) is 0 Å². The molecule has 126 valence electrons. The van der Waals surface area contributed by atoms with Crippen LogP contribution in [0.3, 0.4) is 0 Å². The van der Waals surface area contributed by atoms with Crippen molar-refractivity contribution in [1.29, 1.82) is 0 Å². The molecule has 1 N–H and O–H groups in total. The van der Waals surface area contributed by atoms with Gasteiger partial charge in [-0.25, -0.2) is 0 Å². The predicted octanol–water partition coefficient (Wildman–Crippen LogP) is 4.23. The number of hydrogen-bond donors (Lipinski definition) is 1. The largest absolute Gasteiger partial charge is 0.507 e. The van der Waals surface area contributed by atoms with Crippen molar-refractivity contribution in [2.75, 3.05) is 5.01 Å². The molecule has 3 aromatic rings. The number of carbonyl (C=O) groups excluding carboxylic acids is 1. The third-order valence-corrected chi connectivity index (χ3v) is 4.16. The first kappa shape index (κ1) is 15.8. The molecular weight excluding hydrogens is 324 g/mol. The average molecular weight is 340 g/mol. The maximum Gasteiger partial charge on any atom is 0.281 e. The lowest BCUT2D eigenvalue weighted by Crippen LogP contribution is -2.21. The van der Waals surface area contributed by atoms with Gasteiger partial charge in [-0.1, -0.05) is 66.7 Å². The first-order valence-electron chi connectivity index (χ1n) is 8.27. The van der Waals surface area contributed by atoms with Crippen molar-refractivity contribution in [2.45, 2.75) is 0 Å². The van der Waals surface area contributed by atoms with E-state index in [0.717, 1.165) is 5.56 Å². The monoisotopic (exact) mass is 340 g/mol. The van der Waals surface area contributed by atoms with Gasteiger partial charge in [-0.2, -0.15) is 10.1 Å². The van der Waals surface area contributed by atoms with Crippen molar-refractivity contribution in [3.63, 3.8) is 0 Å². The van der Waals surface area contributed by atoms with E-state index in [0.29, 0.717) is 22.5 Å². The van der Waals surface area contributed by atoms with Crippen LogP contribution in [0.1, 0.15) is 11.1 Å². The highest BCUT2D eigenvalue weighted by Gasteiger charge is 2.32. The van der Waals surface area contributed by atoms with Gasteiger partial charge in [-0.05, 0) is 24.3 Å². The molecule has 1 aliphatic heterocycles. The number of aromatic hydroxyl groups is 1. The minimum absolute atomic E-state index is 0.123. The smallest absolute Gasteiger partial charge is 0.281 e. The molecule has 1 aliphatic rings. The summed E-state index contributed by atoms with van der Waals surface area (Å²) in [6.07, 6.45) is 1.69. The van der Waals surface area contributed by atoms with Gasteiger partial charge in [0.1, 0.15) is 11.5 Å². The molecule has 0 saturated heterocycles. The zero-order valence-corrected chi connectivity index (χ0v) is 13.9. The van der Waals surface area contributed by atoms with Gasteiger partial charge in [0.25, 0.3) is 5.91 Å². The number of rotatable bonds is 3. The van der Waals surface area contributed by atoms with Gasteiger partial charge in [0.2, 0.25) is 0 Å². The molecule has 0 saturated carbocycles. The van der Waals surface area contributed by atoms with Gasteiger partial charge < -0.3 is 5.11 Å². The van der Waals surface area contributed by atoms with Crippen LogP contribution in [0.15, 0.2) is 95.6 Å². The minimum Gasteiger partial charge on any atom is -0.507 e. The maximum absolute atomic E-state index is 13.1. The van der Waals surface area contributed by atoms with Crippen molar-refractivity contribution in [2.24, 2.45) is 5.10 Å². The van der Waals surface area contributed by atoms with Crippen LogP contribution in [-0.4, -0.2) is 16.7 Å². The molecular formula is C22H16N2O2. The molecule has 4 nitrogen and oxygen atoms in total. The second kappa shape index (κ2) is 6.69. The summed E-state index contributed by atoms with van der Waals surface area (Å²) < 4.78 is 0. The van der Waals surface area contributed by atoms with Crippen molar-refractivity contribution in [3.8, 4) is 5.75 Å². The van der Waals surface area contributed by atoms with Crippen LogP contribution in [-0.2, 0) is 4.79 Å². The summed E-state index contributed by atoms with van der Waals surface area (Å²) in [4.78, 5) is 13.1. The van der Waals surface area contributed by atoms with Crippen LogP contribution in [0.2, 0.25) is 0 Å². The molecule has 3 aromatic carbocycles. The SMILES string of the molecule is O=C1/C(=C\c2ccccc2O)C(c2ccccc2)=NN1c1ccccc1. The van der Waals surface area contributed by atoms with Gasteiger partial charge in [-0.15, -0.1) is 0 Å². The van der Waals surface area contributed by atoms with Crippen molar-refractivity contribution >= 4 is 23.4 Å². The summed E-state index contributed by atoms with van der Waals surface area (Å²) in [6, 6.07) is 25.8. The Labute approximate surface area is 151 Å². The molecule has 0 atom stereocenters. The normalized spacial score (nSPS) is 15.4. The topological polar surface area (TPSA) is 52.9 Å². The Bertz CT molecular complexity index is 1010. The standard InChI is InChI=1S/C22H16N2O2/c25-20-14-8-7-11-17(20)15-19-21(16-9-3-1-4-10-16)23-24(22(19)26)18-12-5-2-6-13-18/h1-15,25H/b19-15-. The molecule has 0 bridgehead atoms. The van der Waals surface area contributed by atoms with Crippen LogP contribution >= 0.6 is 0 Å². The molecule has 0 spiro atoms. The third-order valence-electron chi connectivity index (χ3n) is 4.16. The Morgan fingerprint density at radius 3 is 2.12 bits per heavy atom. The number of phenolic OH excluding ortho intramolecular Hbond substituents is 1. The number of carbonyl (C=O) groups is 1. The quantitative estimate of drug-likeness (QED) is 0.726. The molecule has 0 fully saturated rings. The highest BCUT2D eigenvalue weighted by atomic mass is 16.3. The van der Waals surface area contributed by atoms with Gasteiger partial charge in [-0.3, -0.25) is 4.79 Å². The van der Waals surface area contributed by atoms with E-state index in [2.05, 4.69) is 5.10 Å². The summed E-state index contributed by atoms with van der Waals surface area (Å²) in [5.74, 6) is -0.100. The molecule has 0 unspecified atom stereocenters. The molecule has 4 rings (SSSR count). The van der Waals surface area contributed by atoms with E-state index < -0.39 is 0 Å². The predicted molar refractivity (Wildman–Crippen MR) is 103 cm³/mol. The molecule has 0 aliphatic carbocycles. The molecule has 4 heteroatoms. The number of nitrogens with zero attached hydrogens (tertiary/aromatic N) is 2. The van der Waals surface area contributed by atoms with E-state index in [1.165, 1.54) is 5.01 Å². The highest BCUT2D eigenvalue weighted by molar-refractivity contribution is 6.37. The van der Waals surface area contributed by atoms with Gasteiger partial charge >= 0.3 is 0 Å². The van der Waals surface area contributed by atoms with Crippen LogP contribution in [0, 0.1) is 0 Å². The first-order chi connectivity index (χ1) is 12.7. The van der Waals surface area contributed by atoms with E-state index in [-0.39, 0.29) is 11.7 Å². The fourth-order valence-corrected chi connectivity index (χ4v) is 2.86. The van der Waals surface area contributed by atoms with Crippen LogP contribution in [0.5, 0.6) is 5.75 Å². The molecule has 26 heavy (non-hydrogen) atoms. The average Bonchev–Trinajstić information content (AvgIpc) is 3.01. The molecule has 1 amide bonds. The number of amides is 1. The van der Waals surface area contributed by atoms with Gasteiger partial charge in [0, 0.05) is 11.1 Å². The molecule has 0 radical (unpaired) electrons. The van der Waals surface area contributed by atoms with E-state index in [1.807, 2.05) is 66.7 Å². The lowest BCUT2D eigenvalue weighted by Gasteiger charge is -2.11. The lowest BCUT2D eigenvalue weighted by molar-refractivity contribution is -0.114. The third kappa shape index (κ3) is 2.89. The second-order valence-corrected chi connectivity index (χ2v) is 5.88. The van der Waals surface area contributed by atoms with Crippen molar-refractivity contribution in [3.05, 3.63) is 102 Å². The molecule has 0 aromatic heterocycles. The number of phenols is 1. The Hall–Kier alpha value is -3.66. The summed E-state index contributed by atoms with van der Waals surface area (Å²) in [7, 11) is 0. The van der Waals surface area contributed by atoms with E-state index in [4.69, 9.17) is 0 Å². The summed E-state index contributed by atoms with van der Waals surface area (Å²) in [6.45, 7) is 0. The van der Waals surface area contributed by atoms with Crippen LogP contribution < -0.4 is 5.01 Å². The fourth-order valence-electron chi connectivity index (χ4n) is 2.86. The lowest BCUT2D eigenvalue weighted by atomic mass is 10.00.